The number of unbranched alkanes of at least 4 members (excludes halogenated alkanes) is 2. The van der Waals surface area contributed by atoms with Gasteiger partial charge in [0.15, 0.2) is 0 Å². The summed E-state index contributed by atoms with van der Waals surface area (Å²) in [6.45, 7) is 11.3. The van der Waals surface area contributed by atoms with Gasteiger partial charge in [-0.3, -0.25) is 0 Å². The molecular formula is C12H27BO2Si. The third-order valence-electron chi connectivity index (χ3n) is 3.41. The highest BCUT2D eigenvalue weighted by Crippen LogP contribution is 2.32. The maximum Gasteiger partial charge on any atom is 0.457 e. The second-order valence-electron chi connectivity index (χ2n) is 5.93. The van der Waals surface area contributed by atoms with Gasteiger partial charge < -0.3 is 9.31 Å². The summed E-state index contributed by atoms with van der Waals surface area (Å²) in [7, 11) is -1.08. The Bertz CT molecular complexity index is 188. The largest absolute Gasteiger partial charge is 0.457 e. The molecule has 0 saturated carbocycles. The Morgan fingerprint density at radius 2 is 1.75 bits per heavy atom. The zero-order chi connectivity index (χ0) is 12.0. The number of hydrogen-bond acceptors (Lipinski definition) is 2. The molecule has 0 spiro atoms. The zero-order valence-electron chi connectivity index (χ0n) is 11.4. The van der Waals surface area contributed by atoms with Gasteiger partial charge in [-0.25, -0.2) is 0 Å². The summed E-state index contributed by atoms with van der Waals surface area (Å²) in [4.78, 5) is 0. The van der Waals surface area contributed by atoms with E-state index in [0.717, 1.165) is 19.6 Å². The van der Waals surface area contributed by atoms with E-state index in [2.05, 4.69) is 26.6 Å². The van der Waals surface area contributed by atoms with Gasteiger partial charge in [0.1, 0.15) is 0 Å². The van der Waals surface area contributed by atoms with Gasteiger partial charge in [0.2, 0.25) is 0 Å². The lowest BCUT2D eigenvalue weighted by molar-refractivity contribution is 0.130. The maximum absolute atomic E-state index is 5.81. The zero-order valence-corrected chi connectivity index (χ0v) is 12.4. The maximum atomic E-state index is 5.81. The quantitative estimate of drug-likeness (QED) is 0.521. The molecule has 0 aromatic carbocycles. The van der Waals surface area contributed by atoms with Crippen LogP contribution in [0.5, 0.6) is 0 Å². The first kappa shape index (κ1) is 14.3. The standard InChI is InChI=1S/C12H27BO2Si/c1-5-6-7-9-12(16(2,3)4)13-14-10-8-11-15-13/h12H,5-11H2,1-4H3. The Kier molecular flexibility index (Phi) is 6.08. The molecule has 0 N–H and O–H groups in total. The average Bonchev–Trinajstić information content (AvgIpc) is 2.24. The van der Waals surface area contributed by atoms with Crippen molar-refractivity contribution < 1.29 is 9.31 Å². The summed E-state index contributed by atoms with van der Waals surface area (Å²) in [5.41, 5.74) is 0.666. The molecule has 4 heteroatoms. The van der Waals surface area contributed by atoms with Crippen molar-refractivity contribution in [1.82, 2.24) is 0 Å². The van der Waals surface area contributed by atoms with E-state index in [1.807, 2.05) is 0 Å². The van der Waals surface area contributed by atoms with Crippen LogP contribution in [0.25, 0.3) is 0 Å². The predicted octanol–water partition coefficient (Wildman–Crippen LogP) is 3.74. The average molecular weight is 242 g/mol. The van der Waals surface area contributed by atoms with Crippen LogP contribution < -0.4 is 0 Å². The molecule has 1 aliphatic heterocycles. The summed E-state index contributed by atoms with van der Waals surface area (Å²) in [6.07, 6.45) is 6.31. The van der Waals surface area contributed by atoms with Crippen molar-refractivity contribution >= 4 is 15.2 Å². The topological polar surface area (TPSA) is 18.5 Å². The number of rotatable bonds is 6. The Morgan fingerprint density at radius 3 is 2.25 bits per heavy atom. The van der Waals surface area contributed by atoms with Crippen molar-refractivity contribution in [2.45, 2.75) is 64.1 Å². The lowest BCUT2D eigenvalue weighted by Crippen LogP contribution is -2.45. The Hall–Kier alpha value is 0.202. The lowest BCUT2D eigenvalue weighted by atomic mass is 9.79. The van der Waals surface area contributed by atoms with Gasteiger partial charge in [0, 0.05) is 21.3 Å². The minimum Gasteiger partial charge on any atom is -0.411 e. The SMILES string of the molecule is CCCCCC(B1OCCCO1)[Si](C)(C)C. The van der Waals surface area contributed by atoms with Crippen molar-refractivity contribution in [1.29, 1.82) is 0 Å². The van der Waals surface area contributed by atoms with Gasteiger partial charge in [-0.1, -0.05) is 52.2 Å². The van der Waals surface area contributed by atoms with Crippen LogP contribution in [0.2, 0.25) is 25.1 Å². The smallest absolute Gasteiger partial charge is 0.411 e. The van der Waals surface area contributed by atoms with Crippen LogP contribution in [0.1, 0.15) is 39.0 Å². The van der Waals surface area contributed by atoms with Gasteiger partial charge in [-0.15, -0.1) is 0 Å². The fraction of sp³-hybridized carbons (Fsp3) is 1.00. The molecule has 1 atom stereocenters. The summed E-state index contributed by atoms with van der Waals surface area (Å²) < 4.78 is 11.6. The highest BCUT2D eigenvalue weighted by molar-refractivity contribution is 6.86. The van der Waals surface area contributed by atoms with Crippen LogP contribution in [0.15, 0.2) is 0 Å². The van der Waals surface area contributed by atoms with E-state index in [1.54, 1.807) is 0 Å². The lowest BCUT2D eigenvalue weighted by Gasteiger charge is -2.34. The monoisotopic (exact) mass is 242 g/mol. The van der Waals surface area contributed by atoms with E-state index in [-0.39, 0.29) is 7.12 Å². The minimum absolute atomic E-state index is 0.0947. The molecule has 1 unspecified atom stereocenters. The third-order valence-corrected chi connectivity index (χ3v) is 6.20. The number of hydrogen-bond donors (Lipinski definition) is 0. The fourth-order valence-corrected chi connectivity index (χ4v) is 4.41. The van der Waals surface area contributed by atoms with Gasteiger partial charge in [-0.05, 0) is 11.9 Å². The van der Waals surface area contributed by atoms with E-state index in [9.17, 15) is 0 Å². The van der Waals surface area contributed by atoms with E-state index in [0.29, 0.717) is 5.44 Å². The van der Waals surface area contributed by atoms with Crippen molar-refractivity contribution in [3.8, 4) is 0 Å². The third kappa shape index (κ3) is 4.60. The second kappa shape index (κ2) is 6.82. The highest BCUT2D eigenvalue weighted by Gasteiger charge is 2.40. The Morgan fingerprint density at radius 1 is 1.12 bits per heavy atom. The van der Waals surface area contributed by atoms with E-state index < -0.39 is 8.07 Å². The second-order valence-corrected chi connectivity index (χ2v) is 11.4. The molecule has 1 aliphatic rings. The molecule has 0 amide bonds. The van der Waals surface area contributed by atoms with Crippen LogP contribution in [-0.2, 0) is 9.31 Å². The molecule has 16 heavy (non-hydrogen) atoms. The molecular weight excluding hydrogens is 215 g/mol. The summed E-state index contributed by atoms with van der Waals surface area (Å²) in [5, 5.41) is 0. The van der Waals surface area contributed by atoms with Gasteiger partial charge in [0.25, 0.3) is 0 Å². The van der Waals surface area contributed by atoms with Gasteiger partial charge in [-0.2, -0.15) is 0 Å². The molecule has 1 heterocycles. The molecule has 0 aromatic heterocycles. The van der Waals surface area contributed by atoms with Crippen LogP contribution >= 0.6 is 0 Å². The van der Waals surface area contributed by atoms with Crippen LogP contribution in [0.4, 0.5) is 0 Å². The molecule has 0 bridgehead atoms. The molecule has 2 nitrogen and oxygen atoms in total. The Labute approximate surface area is 102 Å². The van der Waals surface area contributed by atoms with E-state index in [1.165, 1.54) is 25.7 Å². The van der Waals surface area contributed by atoms with Crippen molar-refractivity contribution in [2.75, 3.05) is 13.2 Å². The van der Waals surface area contributed by atoms with Crippen molar-refractivity contribution in [2.24, 2.45) is 0 Å². The first-order valence-electron chi connectivity index (χ1n) is 6.79. The molecule has 0 aliphatic carbocycles. The van der Waals surface area contributed by atoms with E-state index in [4.69, 9.17) is 9.31 Å². The Balaban J connectivity index is 2.48. The van der Waals surface area contributed by atoms with Crippen molar-refractivity contribution in [3.05, 3.63) is 0 Å². The first-order chi connectivity index (χ1) is 7.55. The molecule has 1 rings (SSSR count). The van der Waals surface area contributed by atoms with Gasteiger partial charge in [0.05, 0.1) is 0 Å². The van der Waals surface area contributed by atoms with Crippen LogP contribution in [0.3, 0.4) is 0 Å². The van der Waals surface area contributed by atoms with E-state index >= 15 is 0 Å². The summed E-state index contributed by atoms with van der Waals surface area (Å²) >= 11 is 0. The predicted molar refractivity (Wildman–Crippen MR) is 73.5 cm³/mol. The molecule has 1 saturated heterocycles. The van der Waals surface area contributed by atoms with Crippen molar-refractivity contribution in [3.63, 3.8) is 0 Å². The molecule has 1 fully saturated rings. The van der Waals surface area contributed by atoms with Gasteiger partial charge >= 0.3 is 7.12 Å². The minimum atomic E-state index is -1.17. The molecule has 94 valence electrons. The highest BCUT2D eigenvalue weighted by atomic mass is 28.3. The molecule has 0 radical (unpaired) electrons. The fourth-order valence-electron chi connectivity index (χ4n) is 2.33. The normalized spacial score (nSPS) is 19.9. The first-order valence-corrected chi connectivity index (χ1v) is 10.4. The summed E-state index contributed by atoms with van der Waals surface area (Å²) in [5.74, 6) is 0. The summed E-state index contributed by atoms with van der Waals surface area (Å²) in [6, 6.07) is 0. The molecule has 0 aromatic rings. The van der Waals surface area contributed by atoms with Crippen LogP contribution in [-0.4, -0.2) is 28.4 Å². The van der Waals surface area contributed by atoms with Crippen LogP contribution in [0, 0.1) is 0 Å².